The van der Waals surface area contributed by atoms with Crippen molar-refractivity contribution in [2.24, 2.45) is 7.05 Å². The van der Waals surface area contributed by atoms with Crippen LogP contribution in [0.3, 0.4) is 0 Å². The number of hydrogen-bond acceptors (Lipinski definition) is 6. The van der Waals surface area contributed by atoms with Gasteiger partial charge in [0, 0.05) is 13.1 Å². The van der Waals surface area contributed by atoms with E-state index in [1.165, 1.54) is 35.4 Å². The highest BCUT2D eigenvalue weighted by atomic mass is 32.1. The van der Waals surface area contributed by atoms with Gasteiger partial charge in [-0.25, -0.2) is 9.67 Å². The van der Waals surface area contributed by atoms with Crippen LogP contribution < -0.4 is 15.2 Å². The minimum Gasteiger partial charge on any atom is -0.494 e. The second-order valence-electron chi connectivity index (χ2n) is 6.21. The maximum atomic E-state index is 13.4. The minimum absolute atomic E-state index is 0.153. The summed E-state index contributed by atoms with van der Waals surface area (Å²) in [5, 5.41) is 4.63. The Morgan fingerprint density at radius 3 is 2.55 bits per heavy atom. The number of nitrogens with zero attached hydrogens (tertiary/aromatic N) is 4. The molecule has 8 heteroatoms. The topological polar surface area (TPSA) is 77.3 Å². The maximum Gasteiger partial charge on any atom is 0.285 e. The lowest BCUT2D eigenvalue weighted by molar-refractivity contribution is 0.0992. The molecule has 1 amide bonds. The lowest BCUT2D eigenvalue weighted by atomic mass is 10.2. The Morgan fingerprint density at radius 1 is 1.10 bits per heavy atom. The van der Waals surface area contributed by atoms with Crippen molar-refractivity contribution in [3.63, 3.8) is 0 Å². The molecule has 2 heterocycles. The van der Waals surface area contributed by atoms with Gasteiger partial charge in [-0.15, -0.1) is 0 Å². The number of hydrogen-bond donors (Lipinski definition) is 0. The van der Waals surface area contributed by atoms with E-state index in [1.54, 1.807) is 24.3 Å². The van der Waals surface area contributed by atoms with Crippen LogP contribution in [-0.4, -0.2) is 27.3 Å². The van der Waals surface area contributed by atoms with E-state index in [-0.39, 0.29) is 17.2 Å². The number of ether oxygens (including phenoxy) is 1. The van der Waals surface area contributed by atoms with Gasteiger partial charge in [-0.3, -0.25) is 14.5 Å². The number of anilines is 2. The van der Waals surface area contributed by atoms with Gasteiger partial charge in [0.2, 0.25) is 0 Å². The van der Waals surface area contributed by atoms with Gasteiger partial charge in [-0.05, 0) is 49.4 Å². The monoisotopic (exact) mass is 406 g/mol. The molecule has 0 N–H and O–H groups in total. The molecule has 4 rings (SSSR count). The standard InChI is InChI=1S/C21H18N4O3S/c1-3-28-15-10-8-14(9-11-15)25(20(27)17-12-13-19(26)24(2)23-17)21-22-16-6-4-5-7-18(16)29-21/h4-13H,3H2,1-2H3. The van der Waals surface area contributed by atoms with Crippen molar-refractivity contribution in [1.29, 1.82) is 0 Å². The summed E-state index contributed by atoms with van der Waals surface area (Å²) >= 11 is 1.41. The average molecular weight is 406 g/mol. The highest BCUT2D eigenvalue weighted by molar-refractivity contribution is 7.22. The number of benzene rings is 2. The number of amides is 1. The number of para-hydroxylation sites is 1. The molecule has 29 heavy (non-hydrogen) atoms. The summed E-state index contributed by atoms with van der Waals surface area (Å²) in [6.07, 6.45) is 0. The molecule has 0 aliphatic heterocycles. The number of aryl methyl sites for hydroxylation is 1. The van der Waals surface area contributed by atoms with E-state index in [0.29, 0.717) is 23.2 Å². The molecule has 0 saturated carbocycles. The zero-order valence-corrected chi connectivity index (χ0v) is 16.7. The Morgan fingerprint density at radius 2 is 1.86 bits per heavy atom. The number of carbonyl (C=O) groups excluding carboxylic acids is 1. The van der Waals surface area contributed by atoms with Gasteiger partial charge in [-0.2, -0.15) is 5.10 Å². The predicted molar refractivity (Wildman–Crippen MR) is 113 cm³/mol. The van der Waals surface area contributed by atoms with E-state index in [1.807, 2.05) is 31.2 Å². The van der Waals surface area contributed by atoms with E-state index in [9.17, 15) is 9.59 Å². The maximum absolute atomic E-state index is 13.4. The van der Waals surface area contributed by atoms with Crippen LogP contribution in [0, 0.1) is 0 Å². The van der Waals surface area contributed by atoms with Gasteiger partial charge in [0.15, 0.2) is 5.13 Å². The fourth-order valence-corrected chi connectivity index (χ4v) is 3.84. The van der Waals surface area contributed by atoms with Gasteiger partial charge in [0.05, 0.1) is 22.5 Å². The fraction of sp³-hybridized carbons (Fsp3) is 0.143. The largest absolute Gasteiger partial charge is 0.494 e. The Labute approximate surface area is 170 Å². The Hall–Kier alpha value is -3.52. The Bertz CT molecular complexity index is 1200. The van der Waals surface area contributed by atoms with E-state index in [2.05, 4.69) is 10.1 Å². The second-order valence-corrected chi connectivity index (χ2v) is 7.22. The molecule has 146 valence electrons. The first-order valence-corrected chi connectivity index (χ1v) is 9.85. The third kappa shape index (κ3) is 3.74. The van der Waals surface area contributed by atoms with E-state index in [0.717, 1.165) is 14.9 Å². The number of rotatable bonds is 5. The van der Waals surface area contributed by atoms with Gasteiger partial charge < -0.3 is 4.74 Å². The molecule has 0 radical (unpaired) electrons. The summed E-state index contributed by atoms with van der Waals surface area (Å²) in [5.74, 6) is 0.344. The van der Waals surface area contributed by atoms with Gasteiger partial charge >= 0.3 is 0 Å². The number of carbonyl (C=O) groups is 1. The van der Waals surface area contributed by atoms with Crippen molar-refractivity contribution in [3.05, 3.63) is 76.7 Å². The molecule has 0 spiro atoms. The van der Waals surface area contributed by atoms with Gasteiger partial charge in [-0.1, -0.05) is 23.5 Å². The zero-order chi connectivity index (χ0) is 20.4. The molecule has 0 unspecified atom stereocenters. The average Bonchev–Trinajstić information content (AvgIpc) is 3.15. The molecule has 4 aromatic rings. The highest BCUT2D eigenvalue weighted by Gasteiger charge is 2.25. The van der Waals surface area contributed by atoms with E-state index >= 15 is 0 Å². The van der Waals surface area contributed by atoms with Gasteiger partial charge in [0.1, 0.15) is 11.4 Å². The highest BCUT2D eigenvalue weighted by Crippen LogP contribution is 2.35. The summed E-state index contributed by atoms with van der Waals surface area (Å²) in [5.41, 5.74) is 1.31. The summed E-state index contributed by atoms with van der Waals surface area (Å²) in [6, 6.07) is 17.7. The molecule has 0 atom stereocenters. The minimum atomic E-state index is -0.371. The van der Waals surface area contributed by atoms with Crippen LogP contribution in [0.2, 0.25) is 0 Å². The second kappa shape index (κ2) is 7.84. The van der Waals surface area contributed by atoms with Crippen LogP contribution >= 0.6 is 11.3 Å². The number of aromatic nitrogens is 3. The van der Waals surface area contributed by atoms with E-state index in [4.69, 9.17) is 4.74 Å². The van der Waals surface area contributed by atoms with E-state index < -0.39 is 0 Å². The molecular formula is C21H18N4O3S. The lowest BCUT2D eigenvalue weighted by Gasteiger charge is -2.20. The van der Waals surface area contributed by atoms with Crippen molar-refractivity contribution in [2.45, 2.75) is 6.92 Å². The summed E-state index contributed by atoms with van der Waals surface area (Å²) in [6.45, 7) is 2.47. The quantitative estimate of drug-likeness (QED) is 0.504. The summed E-state index contributed by atoms with van der Waals surface area (Å²) in [7, 11) is 1.51. The van der Waals surface area contributed by atoms with Crippen molar-refractivity contribution < 1.29 is 9.53 Å². The first-order valence-electron chi connectivity index (χ1n) is 9.04. The van der Waals surface area contributed by atoms with Crippen molar-refractivity contribution >= 4 is 38.3 Å². The van der Waals surface area contributed by atoms with Crippen molar-refractivity contribution in [2.75, 3.05) is 11.5 Å². The van der Waals surface area contributed by atoms with Crippen LogP contribution in [0.25, 0.3) is 10.2 Å². The third-order valence-electron chi connectivity index (χ3n) is 4.26. The molecule has 7 nitrogen and oxygen atoms in total. The smallest absolute Gasteiger partial charge is 0.285 e. The SMILES string of the molecule is CCOc1ccc(N(C(=O)c2ccc(=O)n(C)n2)c2nc3ccccc3s2)cc1. The van der Waals surface area contributed by atoms with Gasteiger partial charge in [0.25, 0.3) is 11.5 Å². The number of fused-ring (bicyclic) bond motifs is 1. The molecule has 0 saturated heterocycles. The molecule has 0 aliphatic carbocycles. The molecule has 0 fully saturated rings. The molecular weight excluding hydrogens is 388 g/mol. The molecule has 2 aromatic carbocycles. The molecule has 0 aliphatic rings. The lowest BCUT2D eigenvalue weighted by Crippen LogP contribution is -2.30. The first kappa shape index (κ1) is 18.8. The van der Waals surface area contributed by atoms with Crippen LogP contribution in [0.5, 0.6) is 5.75 Å². The molecule has 0 bridgehead atoms. The number of thiazole rings is 1. The van der Waals surface area contributed by atoms with Crippen LogP contribution in [0.15, 0.2) is 65.5 Å². The van der Waals surface area contributed by atoms with Crippen LogP contribution in [0.1, 0.15) is 17.4 Å². The molecule has 2 aromatic heterocycles. The summed E-state index contributed by atoms with van der Waals surface area (Å²) < 4.78 is 7.61. The van der Waals surface area contributed by atoms with Crippen LogP contribution in [0.4, 0.5) is 10.8 Å². The zero-order valence-electron chi connectivity index (χ0n) is 15.9. The normalized spacial score (nSPS) is 10.8. The predicted octanol–water partition coefficient (Wildman–Crippen LogP) is 3.77. The van der Waals surface area contributed by atoms with Crippen molar-refractivity contribution in [3.8, 4) is 5.75 Å². The summed E-state index contributed by atoms with van der Waals surface area (Å²) in [4.78, 5) is 31.2. The van der Waals surface area contributed by atoms with Crippen LogP contribution in [-0.2, 0) is 7.05 Å². The Balaban J connectivity index is 1.82. The first-order chi connectivity index (χ1) is 14.1. The fourth-order valence-electron chi connectivity index (χ4n) is 2.86. The third-order valence-corrected chi connectivity index (χ3v) is 5.28. The van der Waals surface area contributed by atoms with Crippen molar-refractivity contribution in [1.82, 2.24) is 14.8 Å². The Kier molecular flexibility index (Phi) is 5.09.